The highest BCUT2D eigenvalue weighted by molar-refractivity contribution is 5.36. The molecule has 5 rings (SSSR count). The van der Waals surface area contributed by atoms with Gasteiger partial charge in [-0.3, -0.25) is 0 Å². The molecule has 2 aliphatic heterocycles. The number of likely N-dealkylation sites (tertiary alicyclic amines) is 1. The average molecular weight is 400 g/mol. The molecule has 1 saturated heterocycles. The van der Waals surface area contributed by atoms with Crippen molar-refractivity contribution in [2.45, 2.75) is 31.2 Å². The summed E-state index contributed by atoms with van der Waals surface area (Å²) in [5.74, 6) is 0. The maximum Gasteiger partial charge on any atom is 0.108 e. The van der Waals surface area contributed by atoms with Crippen LogP contribution in [0.4, 0.5) is 0 Å². The SMILES string of the molecule is c1ccc(C(OCCN2CCC3(CC2)OCc2ccccc23)c2ccccc2)cc1. The molecule has 0 radical (unpaired) electrons. The molecule has 3 heteroatoms. The standard InChI is InChI=1S/C27H29NO2/c1-3-9-22(10-4-1)26(23-11-5-2-6-12-23)29-20-19-28-17-15-27(16-18-28)25-14-8-7-13-24(25)21-30-27/h1-14,26H,15-21H2. The second-order valence-corrected chi connectivity index (χ2v) is 8.35. The second-order valence-electron chi connectivity index (χ2n) is 8.35. The first kappa shape index (κ1) is 19.5. The van der Waals surface area contributed by atoms with E-state index >= 15 is 0 Å². The lowest BCUT2D eigenvalue weighted by Gasteiger charge is -2.39. The van der Waals surface area contributed by atoms with Gasteiger partial charge in [0.25, 0.3) is 0 Å². The first-order valence-corrected chi connectivity index (χ1v) is 11.0. The first-order valence-electron chi connectivity index (χ1n) is 11.0. The van der Waals surface area contributed by atoms with Gasteiger partial charge in [0.1, 0.15) is 6.10 Å². The molecule has 0 bridgehead atoms. The van der Waals surface area contributed by atoms with Crippen molar-refractivity contribution in [1.29, 1.82) is 0 Å². The van der Waals surface area contributed by atoms with Gasteiger partial charge in [-0.05, 0) is 35.1 Å². The Morgan fingerprint density at radius 2 is 1.40 bits per heavy atom. The van der Waals surface area contributed by atoms with Gasteiger partial charge in [0.15, 0.2) is 0 Å². The monoisotopic (exact) mass is 399 g/mol. The number of fused-ring (bicyclic) bond motifs is 2. The highest BCUT2D eigenvalue weighted by Gasteiger charge is 2.42. The van der Waals surface area contributed by atoms with E-state index in [1.165, 1.54) is 22.3 Å². The number of rotatable bonds is 6. The minimum Gasteiger partial charge on any atom is -0.367 e. The van der Waals surface area contributed by atoms with E-state index in [2.05, 4.69) is 89.8 Å². The Labute approximate surface area is 179 Å². The van der Waals surface area contributed by atoms with E-state index in [0.29, 0.717) is 0 Å². The number of ether oxygens (including phenoxy) is 2. The molecule has 0 amide bonds. The summed E-state index contributed by atoms with van der Waals surface area (Å²) in [6.45, 7) is 4.54. The Morgan fingerprint density at radius 1 is 0.800 bits per heavy atom. The fourth-order valence-corrected chi connectivity index (χ4v) is 4.88. The molecule has 0 unspecified atom stereocenters. The molecule has 3 aromatic rings. The molecule has 0 N–H and O–H groups in total. The lowest BCUT2D eigenvalue weighted by Crippen LogP contribution is -2.43. The van der Waals surface area contributed by atoms with Crippen LogP contribution in [0.5, 0.6) is 0 Å². The minimum atomic E-state index is -0.0649. The first-order chi connectivity index (χ1) is 14.8. The van der Waals surface area contributed by atoms with Crippen molar-refractivity contribution < 1.29 is 9.47 Å². The predicted molar refractivity (Wildman–Crippen MR) is 119 cm³/mol. The van der Waals surface area contributed by atoms with Crippen LogP contribution in [0.25, 0.3) is 0 Å². The maximum absolute atomic E-state index is 6.42. The van der Waals surface area contributed by atoms with Crippen molar-refractivity contribution in [2.75, 3.05) is 26.2 Å². The third-order valence-corrected chi connectivity index (χ3v) is 6.57. The molecule has 154 valence electrons. The summed E-state index contributed by atoms with van der Waals surface area (Å²) in [4.78, 5) is 2.52. The van der Waals surface area contributed by atoms with Crippen LogP contribution in [0.2, 0.25) is 0 Å². The zero-order valence-corrected chi connectivity index (χ0v) is 17.4. The molecule has 0 atom stereocenters. The van der Waals surface area contributed by atoms with E-state index in [-0.39, 0.29) is 11.7 Å². The predicted octanol–water partition coefficient (Wildman–Crippen LogP) is 5.31. The molecule has 1 fully saturated rings. The van der Waals surface area contributed by atoms with Gasteiger partial charge in [0.05, 0.1) is 18.8 Å². The minimum absolute atomic E-state index is 0.0198. The van der Waals surface area contributed by atoms with Crippen molar-refractivity contribution in [3.05, 3.63) is 107 Å². The third-order valence-electron chi connectivity index (χ3n) is 6.57. The summed E-state index contributed by atoms with van der Waals surface area (Å²) in [6.07, 6.45) is 2.10. The smallest absolute Gasteiger partial charge is 0.108 e. The van der Waals surface area contributed by atoms with E-state index in [0.717, 1.165) is 45.7 Å². The van der Waals surface area contributed by atoms with Gasteiger partial charge in [-0.1, -0.05) is 84.9 Å². The van der Waals surface area contributed by atoms with Gasteiger partial charge in [-0.2, -0.15) is 0 Å². The van der Waals surface area contributed by atoms with Crippen LogP contribution >= 0.6 is 0 Å². The molecule has 0 saturated carbocycles. The van der Waals surface area contributed by atoms with Crippen LogP contribution in [0.1, 0.15) is 41.2 Å². The molecule has 3 aromatic carbocycles. The highest BCUT2D eigenvalue weighted by atomic mass is 16.5. The fraction of sp³-hybridized carbons (Fsp3) is 0.333. The number of benzene rings is 3. The fourth-order valence-electron chi connectivity index (χ4n) is 4.88. The molecular formula is C27H29NO2. The summed E-state index contributed by atoms with van der Waals surface area (Å²) in [7, 11) is 0. The number of hydrogen-bond acceptors (Lipinski definition) is 3. The maximum atomic E-state index is 6.42. The summed E-state index contributed by atoms with van der Waals surface area (Å²) in [6, 6.07) is 29.8. The van der Waals surface area contributed by atoms with E-state index in [4.69, 9.17) is 9.47 Å². The summed E-state index contributed by atoms with van der Waals surface area (Å²) in [5, 5.41) is 0. The molecule has 0 aromatic heterocycles. The van der Waals surface area contributed by atoms with Crippen molar-refractivity contribution in [1.82, 2.24) is 4.90 Å². The number of hydrogen-bond donors (Lipinski definition) is 0. The van der Waals surface area contributed by atoms with Gasteiger partial charge in [0.2, 0.25) is 0 Å². The van der Waals surface area contributed by atoms with Crippen molar-refractivity contribution in [3.8, 4) is 0 Å². The zero-order chi connectivity index (χ0) is 20.2. The van der Waals surface area contributed by atoms with Gasteiger partial charge in [-0.15, -0.1) is 0 Å². The molecule has 2 heterocycles. The Kier molecular flexibility index (Phi) is 5.67. The lowest BCUT2D eigenvalue weighted by atomic mass is 9.84. The third kappa shape index (κ3) is 3.93. The number of piperidine rings is 1. The van der Waals surface area contributed by atoms with E-state index < -0.39 is 0 Å². The van der Waals surface area contributed by atoms with Crippen molar-refractivity contribution in [2.24, 2.45) is 0 Å². The van der Waals surface area contributed by atoms with Crippen LogP contribution < -0.4 is 0 Å². The largest absolute Gasteiger partial charge is 0.367 e. The number of nitrogens with zero attached hydrogens (tertiary/aromatic N) is 1. The van der Waals surface area contributed by atoms with E-state index in [9.17, 15) is 0 Å². The van der Waals surface area contributed by atoms with Gasteiger partial charge in [-0.25, -0.2) is 0 Å². The molecule has 0 aliphatic carbocycles. The van der Waals surface area contributed by atoms with Gasteiger partial charge < -0.3 is 14.4 Å². The Balaban J connectivity index is 1.19. The van der Waals surface area contributed by atoms with E-state index in [1.807, 2.05) is 0 Å². The van der Waals surface area contributed by atoms with Gasteiger partial charge >= 0.3 is 0 Å². The van der Waals surface area contributed by atoms with Crippen LogP contribution in [-0.2, 0) is 21.7 Å². The van der Waals surface area contributed by atoms with Crippen LogP contribution in [0.15, 0.2) is 84.9 Å². The summed E-state index contributed by atoms with van der Waals surface area (Å²) in [5.41, 5.74) is 5.12. The normalized spacial score (nSPS) is 18.0. The quantitative estimate of drug-likeness (QED) is 0.560. The summed E-state index contributed by atoms with van der Waals surface area (Å²) >= 11 is 0. The Morgan fingerprint density at radius 3 is 2.07 bits per heavy atom. The molecule has 1 spiro atoms. The average Bonchev–Trinajstić information content (AvgIpc) is 3.17. The highest BCUT2D eigenvalue weighted by Crippen LogP contribution is 2.43. The summed E-state index contributed by atoms with van der Waals surface area (Å²) < 4.78 is 12.7. The second kappa shape index (κ2) is 8.73. The zero-order valence-electron chi connectivity index (χ0n) is 17.4. The molecule has 2 aliphatic rings. The van der Waals surface area contributed by atoms with E-state index in [1.54, 1.807) is 0 Å². The Bertz CT molecular complexity index is 909. The molecule has 30 heavy (non-hydrogen) atoms. The molecular weight excluding hydrogens is 370 g/mol. The Hall–Kier alpha value is -2.46. The van der Waals surface area contributed by atoms with Crippen LogP contribution in [0, 0.1) is 0 Å². The van der Waals surface area contributed by atoms with Crippen LogP contribution in [0.3, 0.4) is 0 Å². The van der Waals surface area contributed by atoms with Crippen LogP contribution in [-0.4, -0.2) is 31.1 Å². The van der Waals surface area contributed by atoms with Gasteiger partial charge in [0, 0.05) is 19.6 Å². The molecule has 3 nitrogen and oxygen atoms in total. The lowest BCUT2D eigenvalue weighted by molar-refractivity contribution is -0.0817. The topological polar surface area (TPSA) is 21.7 Å². The van der Waals surface area contributed by atoms with Crippen molar-refractivity contribution >= 4 is 0 Å². The van der Waals surface area contributed by atoms with Crippen molar-refractivity contribution in [3.63, 3.8) is 0 Å².